The molecule has 0 radical (unpaired) electrons. The van der Waals surface area contributed by atoms with Gasteiger partial charge in [-0.15, -0.1) is 10.2 Å². The summed E-state index contributed by atoms with van der Waals surface area (Å²) in [7, 11) is 3.96. The summed E-state index contributed by atoms with van der Waals surface area (Å²) in [4.78, 5) is 2.32. The second kappa shape index (κ2) is 12.0. The topological polar surface area (TPSA) is 104 Å². The van der Waals surface area contributed by atoms with Crippen LogP contribution in [0.1, 0.15) is 38.6 Å². The quantitative estimate of drug-likeness (QED) is 0.310. The Morgan fingerprint density at radius 1 is 1.05 bits per heavy atom. The van der Waals surface area contributed by atoms with Crippen LogP contribution in [-0.2, 0) is 19.0 Å². The molecule has 0 atom stereocenters. The summed E-state index contributed by atoms with van der Waals surface area (Å²) in [6.07, 6.45) is 7.85. The molecule has 10 heteroatoms. The smallest absolute Gasteiger partial charge is 0.282 e. The number of halogens is 2. The number of benzene rings is 2. The third-order valence-electron chi connectivity index (χ3n) is 7.65. The van der Waals surface area contributed by atoms with E-state index >= 15 is 0 Å². The van der Waals surface area contributed by atoms with Crippen molar-refractivity contribution in [3.05, 3.63) is 76.7 Å². The van der Waals surface area contributed by atoms with Crippen molar-refractivity contribution in [3.8, 4) is 0 Å². The van der Waals surface area contributed by atoms with Gasteiger partial charge in [-0.3, -0.25) is 0 Å². The molecule has 8 nitrogen and oxygen atoms in total. The minimum atomic E-state index is -4.94. The Labute approximate surface area is 238 Å². The van der Waals surface area contributed by atoms with Crippen molar-refractivity contribution < 1.29 is 37.9 Å². The van der Waals surface area contributed by atoms with Gasteiger partial charge in [-0.25, -0.2) is 27.8 Å². The van der Waals surface area contributed by atoms with E-state index < -0.39 is 10.2 Å². The molecule has 0 spiro atoms. The Hall–Kier alpha value is -2.43. The van der Waals surface area contributed by atoms with Crippen molar-refractivity contribution in [2.75, 3.05) is 39.1 Å². The second-order valence-corrected chi connectivity index (χ2v) is 12.2. The van der Waals surface area contributed by atoms with Crippen molar-refractivity contribution in [1.29, 1.82) is 0 Å². The molecule has 2 heterocycles. The lowest BCUT2D eigenvalue weighted by atomic mass is 9.84. The number of likely N-dealkylation sites (N-methyl/N-ethyl adjacent to an activating group) is 1. The first kappa shape index (κ1) is 31.1. The maximum absolute atomic E-state index is 8.49. The average Bonchev–Trinajstić information content (AvgIpc) is 3.21. The van der Waals surface area contributed by atoms with Crippen molar-refractivity contribution >= 4 is 34.4 Å². The number of allylic oxidation sites excluding steroid dienone is 3. The molecule has 0 fully saturated rings. The molecule has 0 bridgehead atoms. The number of fused-ring (bicyclic) bond motifs is 2. The summed E-state index contributed by atoms with van der Waals surface area (Å²) in [6, 6.07) is 14.9. The van der Waals surface area contributed by atoms with E-state index in [1.165, 1.54) is 28.3 Å². The number of rotatable bonds is 7. The van der Waals surface area contributed by atoms with Gasteiger partial charge in [-0.1, -0.05) is 49.7 Å². The molecule has 0 saturated carbocycles. The van der Waals surface area contributed by atoms with Gasteiger partial charge in [0.2, 0.25) is 0 Å². The molecule has 0 unspecified atom stereocenters. The van der Waals surface area contributed by atoms with Gasteiger partial charge in [0.1, 0.15) is 0 Å². The number of quaternary nitrogens is 1. The first-order chi connectivity index (χ1) is 18.1. The summed E-state index contributed by atoms with van der Waals surface area (Å²) >= 11 is 6.36. The predicted molar refractivity (Wildman–Crippen MR) is 145 cm³/mol. The van der Waals surface area contributed by atoms with Crippen LogP contribution in [0.15, 0.2) is 60.3 Å². The van der Waals surface area contributed by atoms with E-state index in [2.05, 4.69) is 118 Å². The third kappa shape index (κ3) is 7.41. The van der Waals surface area contributed by atoms with E-state index in [4.69, 9.17) is 30.2 Å². The normalized spacial score (nSPS) is 16.2. The van der Waals surface area contributed by atoms with Crippen molar-refractivity contribution in [3.63, 3.8) is 0 Å². The summed E-state index contributed by atoms with van der Waals surface area (Å²) in [5.74, 6) is 1.19. The summed E-state index contributed by atoms with van der Waals surface area (Å²) in [5.41, 5.74) is 6.34. The van der Waals surface area contributed by atoms with Crippen LogP contribution in [0.3, 0.4) is 0 Å². The lowest BCUT2D eigenvalue weighted by Gasteiger charge is -2.27. The van der Waals surface area contributed by atoms with Crippen molar-refractivity contribution in [2.24, 2.45) is 7.05 Å². The first-order valence-corrected chi connectivity index (χ1v) is 14.5. The lowest BCUT2D eigenvalue weighted by Crippen LogP contribution is -2.68. The zero-order valence-electron chi connectivity index (χ0n) is 23.8. The van der Waals surface area contributed by atoms with Crippen molar-refractivity contribution in [1.82, 2.24) is 4.57 Å². The molecule has 2 aromatic carbocycles. The number of anilines is 1. The molecule has 1 aliphatic heterocycles. The SMILES string of the molecule is CC[N+](C)(C)CCC[n+]1c(C=CC=C2N(C)c3ccccc3C2(C)C)n(C)c2cc(Cl)ccc21.[O-][Cl+3]([O-])([O-])[O-]. The van der Waals surface area contributed by atoms with Crippen LogP contribution in [0.4, 0.5) is 5.69 Å². The van der Waals surface area contributed by atoms with Crippen LogP contribution in [0, 0.1) is 10.2 Å². The Kier molecular flexibility index (Phi) is 9.55. The maximum atomic E-state index is 8.49. The highest BCUT2D eigenvalue weighted by atomic mass is 35.7. The molecule has 0 amide bonds. The molecule has 1 aromatic heterocycles. The molecular formula is C29H39Cl2N4O4+. The van der Waals surface area contributed by atoms with E-state index in [0.717, 1.165) is 41.1 Å². The Bertz CT molecular complexity index is 1370. The molecular weight excluding hydrogens is 539 g/mol. The minimum Gasteiger partial charge on any atom is -0.347 e. The van der Waals surface area contributed by atoms with Gasteiger partial charge < -0.3 is 9.38 Å². The molecule has 0 N–H and O–H groups in total. The standard InChI is InChI=1S/C29H39ClN4.ClHO4/c1-8-34(6,7)20-12-19-33-25-18-17-22(30)21-26(25)32(5)28(33)16-11-15-27-29(2,3)23-13-9-10-14-24(23)31(27)4;2-1(3,4)5/h9-11,13-18,21H,8,12,19-20H2,1-7H3;(H,2,3,4,5)/q+2;/p-1. The van der Waals surface area contributed by atoms with Crippen LogP contribution >= 0.6 is 11.6 Å². The number of nitrogens with zero attached hydrogens (tertiary/aromatic N) is 4. The second-order valence-electron chi connectivity index (χ2n) is 11.0. The zero-order valence-corrected chi connectivity index (χ0v) is 25.3. The number of aryl methyl sites for hydroxylation is 2. The largest absolute Gasteiger partial charge is 0.347 e. The van der Waals surface area contributed by atoms with E-state index in [-0.39, 0.29) is 5.41 Å². The fourth-order valence-corrected chi connectivity index (χ4v) is 5.37. The first-order valence-electron chi connectivity index (χ1n) is 12.9. The number of hydrogen-bond donors (Lipinski definition) is 0. The van der Waals surface area contributed by atoms with Gasteiger partial charge in [0.05, 0.1) is 40.8 Å². The fraction of sp³-hybridized carbons (Fsp3) is 0.414. The fourth-order valence-electron chi connectivity index (χ4n) is 5.20. The maximum Gasteiger partial charge on any atom is 0.282 e. The molecule has 1 aliphatic rings. The molecule has 0 saturated heterocycles. The highest BCUT2D eigenvalue weighted by Crippen LogP contribution is 2.46. The molecule has 212 valence electrons. The summed E-state index contributed by atoms with van der Waals surface area (Å²) < 4.78 is 39.7. The number of hydrogen-bond acceptors (Lipinski definition) is 5. The van der Waals surface area contributed by atoms with Crippen LogP contribution < -0.4 is 28.1 Å². The van der Waals surface area contributed by atoms with Crippen LogP contribution in [-0.4, -0.2) is 43.3 Å². The third-order valence-corrected chi connectivity index (χ3v) is 7.89. The molecule has 0 aliphatic carbocycles. The average molecular weight is 579 g/mol. The Balaban J connectivity index is 0.000000771. The Morgan fingerprint density at radius 3 is 2.31 bits per heavy atom. The monoisotopic (exact) mass is 577 g/mol. The molecule has 39 heavy (non-hydrogen) atoms. The predicted octanol–water partition coefficient (Wildman–Crippen LogP) is 1.17. The summed E-state index contributed by atoms with van der Waals surface area (Å²) in [5, 5.41) is 0.772. The van der Waals surface area contributed by atoms with Gasteiger partial charge in [-0.05, 0) is 36.8 Å². The number of aromatic nitrogens is 2. The zero-order chi connectivity index (χ0) is 29.2. The van der Waals surface area contributed by atoms with Gasteiger partial charge in [0.15, 0.2) is 11.0 Å². The van der Waals surface area contributed by atoms with Gasteiger partial charge >= 0.3 is 0 Å². The lowest BCUT2D eigenvalue weighted by molar-refractivity contribution is -2.00. The molecule has 3 aromatic rings. The van der Waals surface area contributed by atoms with Gasteiger partial charge in [0, 0.05) is 47.4 Å². The minimum absolute atomic E-state index is 0.0260. The van der Waals surface area contributed by atoms with Crippen LogP contribution in [0.5, 0.6) is 0 Å². The molecule has 4 rings (SSSR count). The van der Waals surface area contributed by atoms with Crippen LogP contribution in [0.2, 0.25) is 5.02 Å². The highest BCUT2D eigenvalue weighted by molar-refractivity contribution is 6.31. The van der Waals surface area contributed by atoms with Gasteiger partial charge in [-0.2, -0.15) is 0 Å². The Morgan fingerprint density at radius 2 is 1.69 bits per heavy atom. The highest BCUT2D eigenvalue weighted by Gasteiger charge is 2.37. The van der Waals surface area contributed by atoms with E-state index in [1.807, 2.05) is 6.07 Å². The number of imidazole rings is 1. The van der Waals surface area contributed by atoms with E-state index in [1.54, 1.807) is 0 Å². The van der Waals surface area contributed by atoms with E-state index in [9.17, 15) is 0 Å². The summed E-state index contributed by atoms with van der Waals surface area (Å²) in [6.45, 7) is 10.1. The van der Waals surface area contributed by atoms with Crippen LogP contribution in [0.25, 0.3) is 17.1 Å². The van der Waals surface area contributed by atoms with E-state index in [0.29, 0.717) is 0 Å². The van der Waals surface area contributed by atoms with Crippen molar-refractivity contribution in [2.45, 2.75) is 39.2 Å². The van der Waals surface area contributed by atoms with Gasteiger partial charge in [0.25, 0.3) is 5.82 Å². The number of para-hydroxylation sites is 1.